The van der Waals surface area contributed by atoms with Gasteiger partial charge in [0.2, 0.25) is 15.9 Å². The number of amides is 1. The first kappa shape index (κ1) is 20.1. The lowest BCUT2D eigenvalue weighted by Crippen LogP contribution is -2.46. The molecule has 1 amide bonds. The highest BCUT2D eigenvalue weighted by atomic mass is 32.2. The topological polar surface area (TPSA) is 79.4 Å². The SMILES string of the molecule is O=C(NCc1csc(-c2ccccc2)n1)[C@H]1CSCN1S(=O)(=O)c1ccccc1. The lowest BCUT2D eigenvalue weighted by atomic mass is 10.2. The van der Waals surface area contributed by atoms with Gasteiger partial charge in [0.25, 0.3) is 0 Å². The molecule has 0 saturated carbocycles. The fourth-order valence-electron chi connectivity index (χ4n) is 3.00. The maximum absolute atomic E-state index is 12.9. The summed E-state index contributed by atoms with van der Waals surface area (Å²) in [4.78, 5) is 17.5. The van der Waals surface area contributed by atoms with E-state index in [2.05, 4.69) is 10.3 Å². The molecule has 0 bridgehead atoms. The molecule has 1 aliphatic rings. The molecule has 0 aliphatic carbocycles. The van der Waals surface area contributed by atoms with Gasteiger partial charge in [0.15, 0.2) is 0 Å². The molecule has 2 aromatic carbocycles. The number of sulfonamides is 1. The summed E-state index contributed by atoms with van der Waals surface area (Å²) in [5.74, 6) is 0.401. The maximum atomic E-state index is 12.9. The van der Waals surface area contributed by atoms with Gasteiger partial charge in [-0.05, 0) is 12.1 Å². The average molecular weight is 446 g/mol. The third-order valence-corrected chi connectivity index (χ3v) is 8.50. The molecular formula is C20H19N3O3S3. The van der Waals surface area contributed by atoms with E-state index in [0.717, 1.165) is 16.3 Å². The van der Waals surface area contributed by atoms with Crippen LogP contribution in [0.5, 0.6) is 0 Å². The predicted molar refractivity (Wildman–Crippen MR) is 116 cm³/mol. The second kappa shape index (κ2) is 8.66. The lowest BCUT2D eigenvalue weighted by molar-refractivity contribution is -0.124. The van der Waals surface area contributed by atoms with Gasteiger partial charge in [-0.25, -0.2) is 13.4 Å². The normalized spacial score (nSPS) is 17.3. The van der Waals surface area contributed by atoms with Crippen molar-refractivity contribution in [1.82, 2.24) is 14.6 Å². The molecule has 6 nitrogen and oxygen atoms in total. The molecule has 0 radical (unpaired) electrons. The quantitative estimate of drug-likeness (QED) is 0.630. The number of hydrogen-bond acceptors (Lipinski definition) is 6. The number of benzene rings is 2. The molecule has 1 atom stereocenters. The van der Waals surface area contributed by atoms with Crippen molar-refractivity contribution in [3.8, 4) is 10.6 Å². The van der Waals surface area contributed by atoms with E-state index in [0.29, 0.717) is 5.75 Å². The third kappa shape index (κ3) is 4.37. The Bertz CT molecular complexity index is 1090. The lowest BCUT2D eigenvalue weighted by Gasteiger charge is -2.22. The van der Waals surface area contributed by atoms with Crippen LogP contribution in [0, 0.1) is 0 Å². The fraction of sp³-hybridized carbons (Fsp3) is 0.200. The number of rotatable bonds is 6. The van der Waals surface area contributed by atoms with Crippen molar-refractivity contribution in [3.63, 3.8) is 0 Å². The minimum atomic E-state index is -3.71. The molecule has 29 heavy (non-hydrogen) atoms. The molecular weight excluding hydrogens is 426 g/mol. The zero-order valence-corrected chi connectivity index (χ0v) is 17.8. The van der Waals surface area contributed by atoms with Gasteiger partial charge in [-0.3, -0.25) is 4.79 Å². The van der Waals surface area contributed by atoms with Crippen LogP contribution in [0.4, 0.5) is 0 Å². The van der Waals surface area contributed by atoms with E-state index in [9.17, 15) is 13.2 Å². The Morgan fingerprint density at radius 2 is 1.79 bits per heavy atom. The number of nitrogens with zero attached hydrogens (tertiary/aromatic N) is 2. The van der Waals surface area contributed by atoms with Crippen LogP contribution >= 0.6 is 23.1 Å². The summed E-state index contributed by atoms with van der Waals surface area (Å²) < 4.78 is 27.1. The smallest absolute Gasteiger partial charge is 0.244 e. The number of hydrogen-bond donors (Lipinski definition) is 1. The summed E-state index contributed by atoms with van der Waals surface area (Å²) in [5, 5.41) is 5.64. The number of nitrogens with one attached hydrogen (secondary N) is 1. The molecule has 1 N–H and O–H groups in total. The summed E-state index contributed by atoms with van der Waals surface area (Å²) in [5.41, 5.74) is 1.78. The molecule has 150 valence electrons. The van der Waals surface area contributed by atoms with Crippen LogP contribution in [0.3, 0.4) is 0 Å². The van der Waals surface area contributed by atoms with Gasteiger partial charge in [-0.15, -0.1) is 23.1 Å². The van der Waals surface area contributed by atoms with Gasteiger partial charge < -0.3 is 5.32 Å². The number of carbonyl (C=O) groups excluding carboxylic acids is 1. The Balaban J connectivity index is 1.43. The Morgan fingerprint density at radius 1 is 1.10 bits per heavy atom. The van der Waals surface area contributed by atoms with Crippen molar-refractivity contribution in [2.75, 3.05) is 11.6 Å². The van der Waals surface area contributed by atoms with Crippen molar-refractivity contribution in [3.05, 3.63) is 71.7 Å². The first-order valence-corrected chi connectivity index (χ1v) is 12.5. The van der Waals surface area contributed by atoms with Crippen molar-refractivity contribution in [2.45, 2.75) is 17.5 Å². The van der Waals surface area contributed by atoms with E-state index < -0.39 is 16.1 Å². The number of thioether (sulfide) groups is 1. The van der Waals surface area contributed by atoms with Gasteiger partial charge in [-0.1, -0.05) is 48.5 Å². The van der Waals surface area contributed by atoms with Crippen LogP contribution in [0.25, 0.3) is 10.6 Å². The van der Waals surface area contributed by atoms with Crippen molar-refractivity contribution < 1.29 is 13.2 Å². The highest BCUT2D eigenvalue weighted by Gasteiger charge is 2.39. The van der Waals surface area contributed by atoms with E-state index in [4.69, 9.17) is 0 Å². The van der Waals surface area contributed by atoms with Crippen LogP contribution < -0.4 is 5.32 Å². The van der Waals surface area contributed by atoms with Crippen LogP contribution in [0.2, 0.25) is 0 Å². The zero-order chi connectivity index (χ0) is 20.3. The standard InChI is InChI=1S/C20H19N3O3S3/c24-19(21-11-16-12-28-20(22-16)15-7-3-1-4-8-15)18-13-27-14-23(18)29(25,26)17-9-5-2-6-10-17/h1-10,12,18H,11,13-14H2,(H,21,24)/t18-/m1/s1. The fourth-order valence-corrected chi connectivity index (χ4v) is 6.99. The van der Waals surface area contributed by atoms with E-state index in [-0.39, 0.29) is 23.2 Å². The van der Waals surface area contributed by atoms with E-state index in [1.165, 1.54) is 27.4 Å². The molecule has 1 saturated heterocycles. The van der Waals surface area contributed by atoms with Crippen LogP contribution in [0.15, 0.2) is 70.9 Å². The molecule has 4 rings (SSSR count). The molecule has 0 unspecified atom stereocenters. The largest absolute Gasteiger partial charge is 0.349 e. The Morgan fingerprint density at radius 3 is 2.52 bits per heavy atom. The van der Waals surface area contributed by atoms with Crippen molar-refractivity contribution in [1.29, 1.82) is 0 Å². The van der Waals surface area contributed by atoms with E-state index in [1.54, 1.807) is 30.3 Å². The van der Waals surface area contributed by atoms with E-state index in [1.807, 2.05) is 35.7 Å². The van der Waals surface area contributed by atoms with Crippen LogP contribution in [-0.4, -0.2) is 41.3 Å². The summed E-state index contributed by atoms with van der Waals surface area (Å²) in [6.07, 6.45) is 0. The minimum absolute atomic E-state index is 0.201. The summed E-state index contributed by atoms with van der Waals surface area (Å²) in [6, 6.07) is 17.3. The molecule has 1 fully saturated rings. The molecule has 1 aromatic heterocycles. The molecule has 1 aliphatic heterocycles. The summed E-state index contributed by atoms with van der Waals surface area (Å²) in [7, 11) is -3.71. The predicted octanol–water partition coefficient (Wildman–Crippen LogP) is 3.19. The van der Waals surface area contributed by atoms with E-state index >= 15 is 0 Å². The van der Waals surface area contributed by atoms with Gasteiger partial charge in [0.05, 0.1) is 23.0 Å². The molecule has 2 heterocycles. The first-order valence-electron chi connectivity index (χ1n) is 8.98. The zero-order valence-electron chi connectivity index (χ0n) is 15.4. The average Bonchev–Trinajstić information content (AvgIpc) is 3.43. The van der Waals surface area contributed by atoms with Gasteiger partial charge in [0, 0.05) is 16.7 Å². The number of carbonyl (C=O) groups is 1. The number of aromatic nitrogens is 1. The molecule has 9 heteroatoms. The summed E-state index contributed by atoms with van der Waals surface area (Å²) in [6.45, 7) is 0.266. The van der Waals surface area contributed by atoms with Gasteiger partial charge >= 0.3 is 0 Å². The highest BCUT2D eigenvalue weighted by molar-refractivity contribution is 8.00. The first-order chi connectivity index (χ1) is 14.1. The van der Waals surface area contributed by atoms with Gasteiger partial charge in [-0.2, -0.15) is 4.31 Å². The Labute approximate surface area is 178 Å². The van der Waals surface area contributed by atoms with Gasteiger partial charge in [0.1, 0.15) is 11.0 Å². The summed E-state index contributed by atoms with van der Waals surface area (Å²) >= 11 is 2.95. The Kier molecular flexibility index (Phi) is 6.00. The maximum Gasteiger partial charge on any atom is 0.244 e. The van der Waals surface area contributed by atoms with Crippen molar-refractivity contribution in [2.24, 2.45) is 0 Å². The molecule has 3 aromatic rings. The second-order valence-corrected chi connectivity index (χ2v) is 10.2. The van der Waals surface area contributed by atoms with Crippen molar-refractivity contribution >= 4 is 39.0 Å². The second-order valence-electron chi connectivity index (χ2n) is 6.45. The third-order valence-electron chi connectivity index (χ3n) is 4.51. The van der Waals surface area contributed by atoms with Crippen LogP contribution in [0.1, 0.15) is 5.69 Å². The minimum Gasteiger partial charge on any atom is -0.349 e. The monoisotopic (exact) mass is 445 g/mol. The Hall–Kier alpha value is -2.20. The number of thiazole rings is 1. The van der Waals surface area contributed by atoms with Crippen LogP contribution in [-0.2, 0) is 21.4 Å². The highest BCUT2D eigenvalue weighted by Crippen LogP contribution is 2.28. The molecule has 0 spiro atoms.